The summed E-state index contributed by atoms with van der Waals surface area (Å²) in [5.41, 5.74) is 3.49. The topological polar surface area (TPSA) is 34.2 Å². The van der Waals surface area contributed by atoms with Crippen LogP contribution in [-0.2, 0) is 13.0 Å². The van der Waals surface area contributed by atoms with E-state index in [1.54, 1.807) is 0 Å². The summed E-state index contributed by atoms with van der Waals surface area (Å²) in [6.45, 7) is 0.636. The standard InChI is InChI=1S/C17H19ClN2O/c1-19-11-15-14(18)9-10-17(20-15)21-16-8-4-6-12-5-2-3-7-13(12)16/h2-3,5,7,9-10,16,19H,4,6,8,11H2,1H3. The predicted octanol–water partition coefficient (Wildman–Crippen LogP) is 3.91. The third-order valence-electron chi connectivity index (χ3n) is 3.81. The molecule has 0 bridgehead atoms. The first-order valence-electron chi connectivity index (χ1n) is 7.32. The SMILES string of the molecule is CNCc1nc(OC2CCCc3ccccc32)ccc1Cl. The zero-order valence-corrected chi connectivity index (χ0v) is 12.9. The molecule has 1 N–H and O–H groups in total. The lowest BCUT2D eigenvalue weighted by Crippen LogP contribution is -2.16. The maximum Gasteiger partial charge on any atom is 0.214 e. The van der Waals surface area contributed by atoms with Crippen LogP contribution in [0.2, 0.25) is 5.02 Å². The van der Waals surface area contributed by atoms with Gasteiger partial charge in [0.05, 0.1) is 10.7 Å². The van der Waals surface area contributed by atoms with Gasteiger partial charge in [-0.2, -0.15) is 0 Å². The highest BCUT2D eigenvalue weighted by atomic mass is 35.5. The largest absolute Gasteiger partial charge is 0.469 e. The average molecular weight is 303 g/mol. The van der Waals surface area contributed by atoms with Crippen molar-refractivity contribution in [3.8, 4) is 5.88 Å². The van der Waals surface area contributed by atoms with Crippen LogP contribution < -0.4 is 10.1 Å². The summed E-state index contributed by atoms with van der Waals surface area (Å²) < 4.78 is 6.13. The molecule has 21 heavy (non-hydrogen) atoms. The molecule has 1 atom stereocenters. The number of hydrogen-bond donors (Lipinski definition) is 1. The number of halogens is 1. The first-order valence-corrected chi connectivity index (χ1v) is 7.70. The van der Waals surface area contributed by atoms with Crippen molar-refractivity contribution in [1.29, 1.82) is 0 Å². The van der Waals surface area contributed by atoms with Crippen molar-refractivity contribution < 1.29 is 4.74 Å². The molecule has 0 spiro atoms. The van der Waals surface area contributed by atoms with Crippen LogP contribution in [0.15, 0.2) is 36.4 Å². The Hall–Kier alpha value is -1.58. The summed E-state index contributed by atoms with van der Waals surface area (Å²) in [7, 11) is 1.88. The molecular weight excluding hydrogens is 284 g/mol. The van der Waals surface area contributed by atoms with E-state index < -0.39 is 0 Å². The molecule has 1 unspecified atom stereocenters. The van der Waals surface area contributed by atoms with Gasteiger partial charge in [0.15, 0.2) is 0 Å². The van der Waals surface area contributed by atoms with Crippen LogP contribution in [0.25, 0.3) is 0 Å². The van der Waals surface area contributed by atoms with Crippen molar-refractivity contribution in [2.75, 3.05) is 7.05 Å². The van der Waals surface area contributed by atoms with Gasteiger partial charge in [0.25, 0.3) is 0 Å². The molecule has 0 amide bonds. The summed E-state index contributed by atoms with van der Waals surface area (Å²) in [5.74, 6) is 0.645. The lowest BCUT2D eigenvalue weighted by atomic mass is 9.89. The average Bonchev–Trinajstić information content (AvgIpc) is 2.51. The Bertz CT molecular complexity index is 630. The number of aromatic nitrogens is 1. The van der Waals surface area contributed by atoms with Gasteiger partial charge >= 0.3 is 0 Å². The monoisotopic (exact) mass is 302 g/mol. The summed E-state index contributed by atoms with van der Waals surface area (Å²) in [5, 5.41) is 3.74. The number of pyridine rings is 1. The van der Waals surface area contributed by atoms with E-state index in [0.29, 0.717) is 17.4 Å². The van der Waals surface area contributed by atoms with Gasteiger partial charge in [0, 0.05) is 12.6 Å². The van der Waals surface area contributed by atoms with Crippen molar-refractivity contribution in [1.82, 2.24) is 10.3 Å². The van der Waals surface area contributed by atoms with E-state index >= 15 is 0 Å². The zero-order chi connectivity index (χ0) is 14.7. The molecule has 1 aromatic carbocycles. The smallest absolute Gasteiger partial charge is 0.214 e. The highest BCUT2D eigenvalue weighted by Crippen LogP contribution is 2.33. The summed E-state index contributed by atoms with van der Waals surface area (Å²) >= 11 is 6.14. The molecule has 0 aliphatic heterocycles. The summed E-state index contributed by atoms with van der Waals surface area (Å²) in [6, 6.07) is 12.2. The Balaban J connectivity index is 1.83. The van der Waals surface area contributed by atoms with Crippen molar-refractivity contribution in [3.63, 3.8) is 0 Å². The molecule has 0 saturated carbocycles. The second-order valence-electron chi connectivity index (χ2n) is 5.31. The number of rotatable bonds is 4. The van der Waals surface area contributed by atoms with Gasteiger partial charge in [0.1, 0.15) is 6.10 Å². The fourth-order valence-electron chi connectivity index (χ4n) is 2.80. The molecule has 1 aliphatic rings. The molecule has 3 rings (SSSR count). The maximum absolute atomic E-state index is 6.14. The Morgan fingerprint density at radius 3 is 3.00 bits per heavy atom. The molecular formula is C17H19ClN2O. The number of ether oxygens (including phenoxy) is 1. The molecule has 0 saturated heterocycles. The van der Waals surface area contributed by atoms with E-state index in [0.717, 1.165) is 25.0 Å². The summed E-state index contributed by atoms with van der Waals surface area (Å²) in [6.07, 6.45) is 3.40. The van der Waals surface area contributed by atoms with Crippen molar-refractivity contribution in [2.45, 2.75) is 31.9 Å². The van der Waals surface area contributed by atoms with Crippen LogP contribution >= 0.6 is 11.6 Å². The van der Waals surface area contributed by atoms with E-state index in [4.69, 9.17) is 16.3 Å². The van der Waals surface area contributed by atoms with Gasteiger partial charge in [-0.1, -0.05) is 35.9 Å². The number of nitrogens with one attached hydrogen (secondary N) is 1. The second-order valence-corrected chi connectivity index (χ2v) is 5.71. The Morgan fingerprint density at radius 1 is 1.29 bits per heavy atom. The third kappa shape index (κ3) is 3.20. The van der Waals surface area contributed by atoms with Crippen LogP contribution in [0, 0.1) is 0 Å². The third-order valence-corrected chi connectivity index (χ3v) is 4.16. The molecule has 0 fully saturated rings. The molecule has 1 aromatic heterocycles. The van der Waals surface area contributed by atoms with Crippen LogP contribution in [0.4, 0.5) is 0 Å². The highest BCUT2D eigenvalue weighted by Gasteiger charge is 2.21. The molecule has 1 aliphatic carbocycles. The lowest BCUT2D eigenvalue weighted by molar-refractivity contribution is 0.175. The van der Waals surface area contributed by atoms with Crippen LogP contribution in [0.5, 0.6) is 5.88 Å². The van der Waals surface area contributed by atoms with Crippen LogP contribution in [0.3, 0.4) is 0 Å². The molecule has 1 heterocycles. The van der Waals surface area contributed by atoms with E-state index in [1.807, 2.05) is 19.2 Å². The fourth-order valence-corrected chi connectivity index (χ4v) is 2.97. The molecule has 2 aromatic rings. The minimum absolute atomic E-state index is 0.0889. The first-order chi connectivity index (χ1) is 10.3. The number of aryl methyl sites for hydroxylation is 1. The summed E-state index contributed by atoms with van der Waals surface area (Å²) in [4.78, 5) is 4.51. The van der Waals surface area contributed by atoms with Crippen molar-refractivity contribution >= 4 is 11.6 Å². The van der Waals surface area contributed by atoms with Gasteiger partial charge in [-0.3, -0.25) is 0 Å². The van der Waals surface area contributed by atoms with E-state index in [2.05, 4.69) is 34.6 Å². The van der Waals surface area contributed by atoms with Crippen molar-refractivity contribution in [2.24, 2.45) is 0 Å². The number of fused-ring (bicyclic) bond motifs is 1. The fraction of sp³-hybridized carbons (Fsp3) is 0.353. The number of nitrogens with zero attached hydrogens (tertiary/aromatic N) is 1. The lowest BCUT2D eigenvalue weighted by Gasteiger charge is -2.26. The Labute approximate surface area is 130 Å². The van der Waals surface area contributed by atoms with Gasteiger partial charge in [-0.15, -0.1) is 0 Å². The number of benzene rings is 1. The van der Waals surface area contributed by atoms with Crippen LogP contribution in [0.1, 0.15) is 35.8 Å². The molecule has 3 nitrogen and oxygen atoms in total. The normalized spacial score (nSPS) is 17.3. The second kappa shape index (κ2) is 6.46. The zero-order valence-electron chi connectivity index (χ0n) is 12.1. The molecule has 110 valence electrons. The van der Waals surface area contributed by atoms with Crippen LogP contribution in [-0.4, -0.2) is 12.0 Å². The molecule has 0 radical (unpaired) electrons. The Morgan fingerprint density at radius 2 is 2.14 bits per heavy atom. The van der Waals surface area contributed by atoms with Gasteiger partial charge in [-0.25, -0.2) is 4.98 Å². The van der Waals surface area contributed by atoms with Gasteiger partial charge in [-0.05, 0) is 43.5 Å². The van der Waals surface area contributed by atoms with E-state index in [9.17, 15) is 0 Å². The highest BCUT2D eigenvalue weighted by molar-refractivity contribution is 6.31. The minimum Gasteiger partial charge on any atom is -0.469 e. The van der Waals surface area contributed by atoms with E-state index in [-0.39, 0.29) is 6.10 Å². The first kappa shape index (κ1) is 14.4. The minimum atomic E-state index is 0.0889. The predicted molar refractivity (Wildman–Crippen MR) is 84.8 cm³/mol. The Kier molecular flexibility index (Phi) is 4.42. The number of hydrogen-bond acceptors (Lipinski definition) is 3. The molecule has 4 heteroatoms. The van der Waals surface area contributed by atoms with Crippen molar-refractivity contribution in [3.05, 3.63) is 58.2 Å². The van der Waals surface area contributed by atoms with E-state index in [1.165, 1.54) is 11.1 Å². The van der Waals surface area contributed by atoms with Gasteiger partial charge in [0.2, 0.25) is 5.88 Å². The van der Waals surface area contributed by atoms with Gasteiger partial charge < -0.3 is 10.1 Å². The maximum atomic E-state index is 6.14. The quantitative estimate of drug-likeness (QED) is 0.930.